The van der Waals surface area contributed by atoms with E-state index in [2.05, 4.69) is 17.6 Å². The smallest absolute Gasteiger partial charge is 0.252 e. The highest BCUT2D eigenvalue weighted by molar-refractivity contribution is 6.36. The molecule has 1 unspecified atom stereocenters. The third kappa shape index (κ3) is 4.52. The maximum atomic E-state index is 12.1. The Bertz CT molecular complexity index is 473. The van der Waals surface area contributed by atoms with Gasteiger partial charge in [0.1, 0.15) is 0 Å². The molecule has 0 radical (unpaired) electrons. The van der Waals surface area contributed by atoms with Crippen LogP contribution in [0.1, 0.15) is 30.1 Å². The normalized spacial score (nSPS) is 21.9. The van der Waals surface area contributed by atoms with Crippen molar-refractivity contribution in [3.63, 3.8) is 0 Å². The van der Waals surface area contributed by atoms with Gasteiger partial charge in [-0.25, -0.2) is 0 Å². The lowest BCUT2D eigenvalue weighted by Gasteiger charge is -2.34. The Hall–Kier alpha value is -0.480. The predicted octanol–water partition coefficient (Wildman–Crippen LogP) is 3.53. The first-order chi connectivity index (χ1) is 9.00. The molecule has 1 atom stereocenters. The molecule has 3 nitrogen and oxygen atoms in total. The van der Waals surface area contributed by atoms with Crippen LogP contribution in [-0.4, -0.2) is 25.5 Å². The molecule has 1 aliphatic rings. The predicted molar refractivity (Wildman–Crippen MR) is 86.3 cm³/mol. The minimum Gasteiger partial charge on any atom is -0.351 e. The summed E-state index contributed by atoms with van der Waals surface area (Å²) in [5.74, 6) is -0.145. The summed E-state index contributed by atoms with van der Waals surface area (Å²) in [5.41, 5.74) is 0.589. The quantitative estimate of drug-likeness (QED) is 0.886. The van der Waals surface area contributed by atoms with Gasteiger partial charge >= 0.3 is 0 Å². The summed E-state index contributed by atoms with van der Waals surface area (Å²) < 4.78 is 0. The monoisotopic (exact) mass is 336 g/mol. The maximum Gasteiger partial charge on any atom is 0.252 e. The molecule has 0 saturated carbocycles. The summed E-state index contributed by atoms with van der Waals surface area (Å²) in [6, 6.07) is 4.91. The zero-order valence-corrected chi connectivity index (χ0v) is 13.7. The number of benzene rings is 1. The lowest BCUT2D eigenvalue weighted by Crippen LogP contribution is -2.45. The van der Waals surface area contributed by atoms with E-state index in [1.807, 2.05) is 0 Å². The van der Waals surface area contributed by atoms with Crippen LogP contribution in [0.5, 0.6) is 0 Å². The molecular weight excluding hydrogens is 319 g/mol. The molecule has 6 heteroatoms. The molecule has 1 aromatic carbocycles. The maximum absolute atomic E-state index is 12.1. The third-order valence-corrected chi connectivity index (χ3v) is 4.08. The molecule has 0 spiro atoms. The van der Waals surface area contributed by atoms with E-state index >= 15 is 0 Å². The fourth-order valence-corrected chi connectivity index (χ4v) is 2.83. The Morgan fingerprint density at radius 3 is 2.80 bits per heavy atom. The molecule has 1 saturated heterocycles. The number of hydrogen-bond donors (Lipinski definition) is 2. The van der Waals surface area contributed by atoms with E-state index in [0.717, 1.165) is 25.9 Å². The first-order valence-corrected chi connectivity index (χ1v) is 7.20. The highest BCUT2D eigenvalue weighted by atomic mass is 35.5. The van der Waals surface area contributed by atoms with Crippen molar-refractivity contribution in [1.82, 2.24) is 10.6 Å². The van der Waals surface area contributed by atoms with Gasteiger partial charge in [-0.05, 0) is 43.0 Å². The first kappa shape index (κ1) is 17.6. The number of amides is 1. The Morgan fingerprint density at radius 2 is 2.20 bits per heavy atom. The minimum absolute atomic E-state index is 0. The number of hydrogen-bond acceptors (Lipinski definition) is 2. The van der Waals surface area contributed by atoms with E-state index in [0.29, 0.717) is 22.2 Å². The summed E-state index contributed by atoms with van der Waals surface area (Å²) in [6.07, 6.45) is 2.27. The topological polar surface area (TPSA) is 41.1 Å². The summed E-state index contributed by atoms with van der Waals surface area (Å²) in [5, 5.41) is 7.24. The van der Waals surface area contributed by atoms with Gasteiger partial charge in [0.15, 0.2) is 0 Å². The van der Waals surface area contributed by atoms with Crippen molar-refractivity contribution < 1.29 is 4.79 Å². The Kier molecular flexibility index (Phi) is 6.59. The van der Waals surface area contributed by atoms with E-state index in [9.17, 15) is 4.79 Å². The molecule has 112 valence electrons. The highest BCUT2D eigenvalue weighted by Crippen LogP contribution is 2.25. The first-order valence-electron chi connectivity index (χ1n) is 6.44. The van der Waals surface area contributed by atoms with Crippen molar-refractivity contribution >= 4 is 41.5 Å². The number of piperidine rings is 1. The molecular formula is C14H19Cl3N2O. The van der Waals surface area contributed by atoms with E-state index in [4.69, 9.17) is 23.2 Å². The molecule has 2 rings (SSSR count). The average molecular weight is 338 g/mol. The zero-order valence-electron chi connectivity index (χ0n) is 11.3. The second-order valence-electron chi connectivity index (χ2n) is 5.40. The molecule has 1 aromatic rings. The van der Waals surface area contributed by atoms with Gasteiger partial charge in [-0.3, -0.25) is 4.79 Å². The Labute approximate surface area is 135 Å². The summed E-state index contributed by atoms with van der Waals surface area (Å²) in [4.78, 5) is 12.1. The van der Waals surface area contributed by atoms with Gasteiger partial charge in [0, 0.05) is 18.1 Å². The number of rotatable bonds is 3. The molecule has 0 bridgehead atoms. The van der Waals surface area contributed by atoms with Gasteiger partial charge in [-0.1, -0.05) is 30.1 Å². The van der Waals surface area contributed by atoms with Crippen LogP contribution in [0.15, 0.2) is 18.2 Å². The SMILES string of the molecule is CC1(CNC(=O)c2ccc(Cl)cc2Cl)CCCNC1.Cl. The molecule has 0 aromatic heterocycles. The lowest BCUT2D eigenvalue weighted by atomic mass is 9.83. The second-order valence-corrected chi connectivity index (χ2v) is 6.24. The van der Waals surface area contributed by atoms with Gasteiger partial charge in [-0.15, -0.1) is 12.4 Å². The van der Waals surface area contributed by atoms with Crippen LogP contribution in [-0.2, 0) is 0 Å². The summed E-state index contributed by atoms with van der Waals surface area (Å²) in [6.45, 7) is 4.83. The lowest BCUT2D eigenvalue weighted by molar-refractivity contribution is 0.0925. The number of carbonyl (C=O) groups excluding carboxylic acids is 1. The van der Waals surface area contributed by atoms with E-state index < -0.39 is 0 Å². The third-order valence-electron chi connectivity index (χ3n) is 3.54. The van der Waals surface area contributed by atoms with Crippen LogP contribution in [0.25, 0.3) is 0 Å². The average Bonchev–Trinajstić information content (AvgIpc) is 2.37. The number of halogens is 3. The fraction of sp³-hybridized carbons (Fsp3) is 0.500. The van der Waals surface area contributed by atoms with Gasteiger partial charge in [0.05, 0.1) is 10.6 Å². The van der Waals surface area contributed by atoms with Crippen molar-refractivity contribution in [3.8, 4) is 0 Å². The van der Waals surface area contributed by atoms with Gasteiger partial charge in [-0.2, -0.15) is 0 Å². The largest absolute Gasteiger partial charge is 0.351 e. The standard InChI is InChI=1S/C14H18Cl2N2O.ClH/c1-14(5-2-6-17-8-14)9-18-13(19)11-4-3-10(15)7-12(11)16;/h3-4,7,17H,2,5-6,8-9H2,1H3,(H,18,19);1H. The molecule has 20 heavy (non-hydrogen) atoms. The van der Waals surface area contributed by atoms with Crippen LogP contribution in [0.2, 0.25) is 10.0 Å². The molecule has 0 aliphatic carbocycles. The summed E-state index contributed by atoms with van der Waals surface area (Å²) in [7, 11) is 0. The van der Waals surface area contributed by atoms with Crippen LogP contribution in [0.4, 0.5) is 0 Å². The van der Waals surface area contributed by atoms with Crippen molar-refractivity contribution in [2.45, 2.75) is 19.8 Å². The van der Waals surface area contributed by atoms with Gasteiger partial charge in [0.25, 0.3) is 5.91 Å². The van der Waals surface area contributed by atoms with Crippen LogP contribution < -0.4 is 10.6 Å². The number of carbonyl (C=O) groups is 1. The minimum atomic E-state index is -0.145. The molecule has 1 aliphatic heterocycles. The highest BCUT2D eigenvalue weighted by Gasteiger charge is 2.27. The van der Waals surface area contributed by atoms with Gasteiger partial charge < -0.3 is 10.6 Å². The van der Waals surface area contributed by atoms with E-state index in [1.54, 1.807) is 18.2 Å². The number of nitrogens with one attached hydrogen (secondary N) is 2. The second kappa shape index (κ2) is 7.51. The van der Waals surface area contributed by atoms with E-state index in [1.165, 1.54) is 0 Å². The molecule has 1 fully saturated rings. The van der Waals surface area contributed by atoms with E-state index in [-0.39, 0.29) is 23.7 Å². The van der Waals surface area contributed by atoms with Crippen LogP contribution in [0, 0.1) is 5.41 Å². The molecule has 1 heterocycles. The van der Waals surface area contributed by atoms with Crippen molar-refractivity contribution in [3.05, 3.63) is 33.8 Å². The van der Waals surface area contributed by atoms with Crippen LogP contribution in [0.3, 0.4) is 0 Å². The van der Waals surface area contributed by atoms with Crippen molar-refractivity contribution in [2.24, 2.45) is 5.41 Å². The fourth-order valence-electron chi connectivity index (χ4n) is 2.33. The summed E-state index contributed by atoms with van der Waals surface area (Å²) >= 11 is 11.8. The van der Waals surface area contributed by atoms with Crippen LogP contribution >= 0.6 is 35.6 Å². The Balaban J connectivity index is 0.00000200. The van der Waals surface area contributed by atoms with Gasteiger partial charge in [0.2, 0.25) is 0 Å². The van der Waals surface area contributed by atoms with Crippen molar-refractivity contribution in [2.75, 3.05) is 19.6 Å². The molecule has 1 amide bonds. The van der Waals surface area contributed by atoms with Crippen molar-refractivity contribution in [1.29, 1.82) is 0 Å². The zero-order chi connectivity index (χ0) is 13.9. The molecule has 2 N–H and O–H groups in total. The Morgan fingerprint density at radius 1 is 1.45 bits per heavy atom.